The molecule has 0 aromatic heterocycles. The van der Waals surface area contributed by atoms with Gasteiger partial charge in [-0.15, -0.1) is 0 Å². The van der Waals surface area contributed by atoms with Gasteiger partial charge in [0, 0.05) is 12.6 Å². The van der Waals surface area contributed by atoms with Gasteiger partial charge in [-0.25, -0.2) is 0 Å². The fraction of sp³-hybridized carbons (Fsp3) is 0.667. The van der Waals surface area contributed by atoms with Crippen molar-refractivity contribution in [1.29, 1.82) is 0 Å². The van der Waals surface area contributed by atoms with Gasteiger partial charge in [-0.05, 0) is 63.6 Å². The Kier molecular flexibility index (Phi) is 6.22. The summed E-state index contributed by atoms with van der Waals surface area (Å²) < 4.78 is 0. The summed E-state index contributed by atoms with van der Waals surface area (Å²) in [5, 5.41) is 9.50. The summed E-state index contributed by atoms with van der Waals surface area (Å²) in [6.45, 7) is 3.58. The molecule has 1 aliphatic rings. The van der Waals surface area contributed by atoms with Gasteiger partial charge in [0.25, 0.3) is 0 Å². The minimum absolute atomic E-state index is 0.225. The zero-order valence-electron chi connectivity index (χ0n) is 13.4. The molecule has 0 aliphatic heterocycles. The first-order valence-electron chi connectivity index (χ1n) is 8.25. The van der Waals surface area contributed by atoms with Gasteiger partial charge in [-0.3, -0.25) is 0 Å². The molecular weight excluding hydrogens is 260 g/mol. The maximum atomic E-state index is 9.50. The highest BCUT2D eigenvalue weighted by molar-refractivity contribution is 5.20. The number of hydrogen-bond acceptors (Lipinski definition) is 3. The molecule has 0 spiro atoms. The van der Waals surface area contributed by atoms with E-state index in [4.69, 9.17) is 5.73 Å². The Labute approximate surface area is 129 Å². The van der Waals surface area contributed by atoms with Gasteiger partial charge < -0.3 is 15.7 Å². The third kappa shape index (κ3) is 4.53. The molecule has 1 aromatic rings. The minimum Gasteiger partial charge on any atom is -0.393 e. The van der Waals surface area contributed by atoms with Crippen molar-refractivity contribution in [2.45, 2.75) is 50.7 Å². The molecule has 0 bridgehead atoms. The molecule has 4 atom stereocenters. The topological polar surface area (TPSA) is 49.5 Å². The number of aliphatic hydroxyl groups is 1. The Balaban J connectivity index is 2.02. The predicted molar refractivity (Wildman–Crippen MR) is 88.3 cm³/mol. The van der Waals surface area contributed by atoms with Crippen LogP contribution in [0.2, 0.25) is 0 Å². The van der Waals surface area contributed by atoms with Crippen LogP contribution in [0.5, 0.6) is 0 Å². The summed E-state index contributed by atoms with van der Waals surface area (Å²) in [6, 6.07) is 11.4. The van der Waals surface area contributed by atoms with Gasteiger partial charge in [0.2, 0.25) is 0 Å². The van der Waals surface area contributed by atoms with E-state index in [1.54, 1.807) is 0 Å². The van der Waals surface area contributed by atoms with Crippen molar-refractivity contribution in [2.75, 3.05) is 20.1 Å². The molecule has 1 aromatic carbocycles. The first-order valence-corrected chi connectivity index (χ1v) is 8.25. The Morgan fingerprint density at radius 3 is 2.62 bits per heavy atom. The van der Waals surface area contributed by atoms with Crippen LogP contribution in [0.4, 0.5) is 0 Å². The lowest BCUT2D eigenvalue weighted by Crippen LogP contribution is -2.45. The SMILES string of the molecule is CC(O)CCN(C)C1CC(c2ccccc2)CCC1CN. The number of nitrogens with zero attached hydrogens (tertiary/aromatic N) is 1. The summed E-state index contributed by atoms with van der Waals surface area (Å²) in [4.78, 5) is 2.42. The fourth-order valence-electron chi connectivity index (χ4n) is 3.61. The average molecular weight is 290 g/mol. The second-order valence-corrected chi connectivity index (χ2v) is 6.60. The molecule has 0 radical (unpaired) electrons. The van der Waals surface area contributed by atoms with E-state index in [1.165, 1.54) is 24.8 Å². The molecule has 21 heavy (non-hydrogen) atoms. The van der Waals surface area contributed by atoms with Gasteiger partial charge >= 0.3 is 0 Å². The lowest BCUT2D eigenvalue weighted by Gasteiger charge is -2.41. The van der Waals surface area contributed by atoms with Crippen LogP contribution in [0.3, 0.4) is 0 Å². The summed E-state index contributed by atoms with van der Waals surface area (Å²) >= 11 is 0. The van der Waals surface area contributed by atoms with Crippen molar-refractivity contribution in [3.8, 4) is 0 Å². The number of hydrogen-bond donors (Lipinski definition) is 2. The molecule has 1 aliphatic carbocycles. The van der Waals surface area contributed by atoms with Crippen molar-refractivity contribution in [1.82, 2.24) is 4.90 Å². The van der Waals surface area contributed by atoms with Crippen LogP contribution in [0.25, 0.3) is 0 Å². The van der Waals surface area contributed by atoms with Crippen LogP contribution >= 0.6 is 0 Å². The minimum atomic E-state index is -0.225. The normalized spacial score (nSPS) is 27.8. The highest BCUT2D eigenvalue weighted by Gasteiger charge is 2.32. The second-order valence-electron chi connectivity index (χ2n) is 6.60. The molecule has 1 saturated carbocycles. The van der Waals surface area contributed by atoms with E-state index >= 15 is 0 Å². The average Bonchev–Trinajstić information content (AvgIpc) is 2.52. The molecule has 0 saturated heterocycles. The molecule has 3 heteroatoms. The Hall–Kier alpha value is -0.900. The van der Waals surface area contributed by atoms with Gasteiger partial charge in [-0.2, -0.15) is 0 Å². The van der Waals surface area contributed by atoms with Gasteiger partial charge in [-0.1, -0.05) is 30.3 Å². The van der Waals surface area contributed by atoms with Crippen LogP contribution in [0.1, 0.15) is 44.1 Å². The summed E-state index contributed by atoms with van der Waals surface area (Å²) in [5.74, 6) is 1.23. The van der Waals surface area contributed by atoms with Crippen LogP contribution in [0, 0.1) is 5.92 Å². The lowest BCUT2D eigenvalue weighted by atomic mass is 9.75. The molecule has 1 fully saturated rings. The monoisotopic (exact) mass is 290 g/mol. The van der Waals surface area contributed by atoms with Crippen LogP contribution in [0.15, 0.2) is 30.3 Å². The molecule has 0 amide bonds. The molecule has 3 nitrogen and oxygen atoms in total. The zero-order chi connectivity index (χ0) is 15.2. The first kappa shape index (κ1) is 16.5. The van der Waals surface area contributed by atoms with E-state index in [0.29, 0.717) is 17.9 Å². The Morgan fingerprint density at radius 2 is 2.00 bits per heavy atom. The molecule has 3 N–H and O–H groups in total. The largest absolute Gasteiger partial charge is 0.393 e. The smallest absolute Gasteiger partial charge is 0.0524 e. The van der Waals surface area contributed by atoms with E-state index in [2.05, 4.69) is 42.3 Å². The van der Waals surface area contributed by atoms with E-state index < -0.39 is 0 Å². The first-order chi connectivity index (χ1) is 10.1. The summed E-state index contributed by atoms with van der Waals surface area (Å²) in [6.07, 6.45) is 4.24. The third-order valence-electron chi connectivity index (χ3n) is 5.00. The second kappa shape index (κ2) is 7.92. The van der Waals surface area contributed by atoms with E-state index in [-0.39, 0.29) is 6.10 Å². The molecule has 118 valence electrons. The van der Waals surface area contributed by atoms with E-state index in [9.17, 15) is 5.11 Å². The predicted octanol–water partition coefficient (Wildman–Crippen LogP) is 2.60. The van der Waals surface area contributed by atoms with E-state index in [1.807, 2.05) is 6.92 Å². The van der Waals surface area contributed by atoms with Crippen LogP contribution < -0.4 is 5.73 Å². The fourth-order valence-corrected chi connectivity index (χ4v) is 3.61. The van der Waals surface area contributed by atoms with Crippen molar-refractivity contribution in [2.24, 2.45) is 11.7 Å². The van der Waals surface area contributed by atoms with Crippen LogP contribution in [-0.2, 0) is 0 Å². The van der Waals surface area contributed by atoms with Crippen molar-refractivity contribution >= 4 is 0 Å². The van der Waals surface area contributed by atoms with Crippen molar-refractivity contribution < 1.29 is 5.11 Å². The van der Waals surface area contributed by atoms with Gasteiger partial charge in [0.1, 0.15) is 0 Å². The molecule has 2 rings (SSSR count). The number of aliphatic hydroxyl groups excluding tert-OH is 1. The third-order valence-corrected chi connectivity index (χ3v) is 5.00. The highest BCUT2D eigenvalue weighted by Crippen LogP contribution is 2.37. The summed E-state index contributed by atoms with van der Waals surface area (Å²) in [7, 11) is 2.18. The Bertz CT molecular complexity index is 407. The van der Waals surface area contributed by atoms with Crippen molar-refractivity contribution in [3.05, 3.63) is 35.9 Å². The maximum Gasteiger partial charge on any atom is 0.0524 e. The van der Waals surface area contributed by atoms with E-state index in [0.717, 1.165) is 19.5 Å². The van der Waals surface area contributed by atoms with Crippen molar-refractivity contribution in [3.63, 3.8) is 0 Å². The zero-order valence-corrected chi connectivity index (χ0v) is 13.4. The quantitative estimate of drug-likeness (QED) is 0.846. The van der Waals surface area contributed by atoms with Crippen LogP contribution in [-0.4, -0.2) is 42.3 Å². The lowest BCUT2D eigenvalue weighted by molar-refractivity contribution is 0.0991. The Morgan fingerprint density at radius 1 is 1.29 bits per heavy atom. The highest BCUT2D eigenvalue weighted by atomic mass is 16.3. The standard InChI is InChI=1S/C18H30N2O/c1-14(21)10-11-20(2)18-12-16(8-9-17(18)13-19)15-6-4-3-5-7-15/h3-7,14,16-18,21H,8-13,19H2,1-2H3. The molecule has 4 unspecified atom stereocenters. The summed E-state index contributed by atoms with van der Waals surface area (Å²) in [5.41, 5.74) is 7.46. The molecule has 0 heterocycles. The molecular formula is C18H30N2O. The maximum absolute atomic E-state index is 9.50. The van der Waals surface area contributed by atoms with Gasteiger partial charge in [0.05, 0.1) is 6.10 Å². The number of nitrogens with two attached hydrogens (primary N) is 1. The van der Waals surface area contributed by atoms with Gasteiger partial charge in [0.15, 0.2) is 0 Å². The number of benzene rings is 1. The number of rotatable bonds is 6.